The summed E-state index contributed by atoms with van der Waals surface area (Å²) in [5, 5.41) is 0. The Kier molecular flexibility index (Phi) is 36.1. The van der Waals surface area contributed by atoms with Crippen molar-refractivity contribution in [1.29, 1.82) is 0 Å². The van der Waals surface area contributed by atoms with Crippen LogP contribution in [0.2, 0.25) is 0 Å². The van der Waals surface area contributed by atoms with Gasteiger partial charge >= 0.3 is 11.9 Å². The van der Waals surface area contributed by atoms with E-state index in [4.69, 9.17) is 18.9 Å². The summed E-state index contributed by atoms with van der Waals surface area (Å²) in [7, 11) is 0. The van der Waals surface area contributed by atoms with Crippen LogP contribution in [0.4, 0.5) is 0 Å². The molecule has 1 aromatic rings. The predicted molar refractivity (Wildman–Crippen MR) is 230 cm³/mol. The maximum atomic E-state index is 12.8. The predicted octanol–water partition coefficient (Wildman–Crippen LogP) is 12.8. The number of nitrogens with zero attached hydrogens (tertiary/aromatic N) is 1. The Balaban J connectivity index is 2.50. The van der Waals surface area contributed by atoms with Crippen LogP contribution in [0.15, 0.2) is 30.3 Å². The molecule has 1 aromatic carbocycles. The number of carbonyl (C=O) groups is 2. The molecule has 320 valence electrons. The molecule has 0 bridgehead atoms. The fourth-order valence-electron chi connectivity index (χ4n) is 7.25. The van der Waals surface area contributed by atoms with Crippen molar-refractivity contribution in [2.45, 2.75) is 207 Å². The molecule has 0 fully saturated rings. The number of esters is 2. The van der Waals surface area contributed by atoms with E-state index in [1.807, 2.05) is 18.2 Å². The molecule has 0 heterocycles. The van der Waals surface area contributed by atoms with Crippen molar-refractivity contribution in [3.63, 3.8) is 0 Å². The van der Waals surface area contributed by atoms with Gasteiger partial charge in [0.1, 0.15) is 6.10 Å². The largest absolute Gasteiger partial charge is 0.465 e. The molecule has 0 saturated heterocycles. The lowest BCUT2D eigenvalue weighted by atomic mass is 9.95. The summed E-state index contributed by atoms with van der Waals surface area (Å²) in [4.78, 5) is 27.1. The maximum absolute atomic E-state index is 12.8. The third-order valence-electron chi connectivity index (χ3n) is 10.7. The molecule has 0 saturated carbocycles. The van der Waals surface area contributed by atoms with Gasteiger partial charge in [-0.25, -0.2) is 0 Å². The van der Waals surface area contributed by atoms with Gasteiger partial charge in [-0.2, -0.15) is 0 Å². The van der Waals surface area contributed by atoms with E-state index in [1.165, 1.54) is 142 Å². The van der Waals surface area contributed by atoms with E-state index in [1.54, 1.807) is 0 Å². The summed E-state index contributed by atoms with van der Waals surface area (Å²) in [6, 6.07) is 10.2. The van der Waals surface area contributed by atoms with E-state index >= 15 is 0 Å². The summed E-state index contributed by atoms with van der Waals surface area (Å²) in [6.07, 6.45) is 31.0. The van der Waals surface area contributed by atoms with Crippen LogP contribution in [0.5, 0.6) is 0 Å². The molecular weight excluding hydrogens is 687 g/mol. The van der Waals surface area contributed by atoms with Crippen molar-refractivity contribution in [2.75, 3.05) is 46.1 Å². The third kappa shape index (κ3) is 33.9. The van der Waals surface area contributed by atoms with Gasteiger partial charge in [-0.05, 0) is 50.1 Å². The van der Waals surface area contributed by atoms with Crippen LogP contribution in [0.1, 0.15) is 200 Å². The van der Waals surface area contributed by atoms with Gasteiger partial charge in [-0.1, -0.05) is 180 Å². The Hall–Kier alpha value is -1.96. The molecule has 0 N–H and O–H groups in total. The Morgan fingerprint density at radius 3 is 1.73 bits per heavy atom. The SMILES string of the molecule is CCCCCCCCCCCCOCC(CN(CCCCCC(=O)OCC(CCCCCC)CCCCCCCC)CCOCc1ccccc1)OC(C)=O. The second-order valence-electron chi connectivity index (χ2n) is 16.1. The number of hydrogen-bond acceptors (Lipinski definition) is 7. The summed E-state index contributed by atoms with van der Waals surface area (Å²) in [6.45, 7) is 13.3. The van der Waals surface area contributed by atoms with Gasteiger partial charge in [0, 0.05) is 33.0 Å². The average Bonchev–Trinajstić information content (AvgIpc) is 3.18. The van der Waals surface area contributed by atoms with Crippen molar-refractivity contribution < 1.29 is 28.5 Å². The fraction of sp³-hybridized carbons (Fsp3) is 0.833. The number of unbranched alkanes of at least 4 members (excludes halogenated alkanes) is 19. The minimum atomic E-state index is -0.323. The molecule has 2 unspecified atom stereocenters. The van der Waals surface area contributed by atoms with Crippen LogP contribution >= 0.6 is 0 Å². The molecule has 0 aromatic heterocycles. The summed E-state index contributed by atoms with van der Waals surface area (Å²) < 4.78 is 23.7. The smallest absolute Gasteiger partial charge is 0.305 e. The first-order chi connectivity index (χ1) is 27.0. The quantitative estimate of drug-likeness (QED) is 0.0484. The molecule has 2 atom stereocenters. The van der Waals surface area contributed by atoms with E-state index in [0.29, 0.717) is 51.9 Å². The van der Waals surface area contributed by atoms with Crippen molar-refractivity contribution >= 4 is 11.9 Å². The van der Waals surface area contributed by atoms with Crippen LogP contribution in [-0.2, 0) is 35.1 Å². The summed E-state index contributed by atoms with van der Waals surface area (Å²) in [5.41, 5.74) is 1.16. The highest BCUT2D eigenvalue weighted by Gasteiger charge is 2.18. The fourth-order valence-corrected chi connectivity index (χ4v) is 7.25. The minimum absolute atomic E-state index is 0.0536. The Morgan fingerprint density at radius 1 is 0.582 bits per heavy atom. The molecular formula is C48H87NO6. The Labute approximate surface area is 339 Å². The van der Waals surface area contributed by atoms with E-state index in [2.05, 4.69) is 37.8 Å². The summed E-state index contributed by atoms with van der Waals surface area (Å²) in [5.74, 6) is 0.164. The van der Waals surface area contributed by atoms with Crippen molar-refractivity contribution in [2.24, 2.45) is 5.92 Å². The Bertz CT molecular complexity index is 974. The normalized spacial score (nSPS) is 12.6. The van der Waals surface area contributed by atoms with Gasteiger partial charge < -0.3 is 18.9 Å². The molecule has 7 heteroatoms. The first-order valence-electron chi connectivity index (χ1n) is 23.2. The highest BCUT2D eigenvalue weighted by Crippen LogP contribution is 2.20. The number of hydrogen-bond donors (Lipinski definition) is 0. The van der Waals surface area contributed by atoms with Crippen molar-refractivity contribution in [3.8, 4) is 0 Å². The van der Waals surface area contributed by atoms with Gasteiger partial charge in [0.2, 0.25) is 0 Å². The van der Waals surface area contributed by atoms with Gasteiger partial charge in [-0.3, -0.25) is 14.5 Å². The zero-order valence-electron chi connectivity index (χ0n) is 36.5. The standard InChI is InChI=1S/C48H87NO6/c1-5-8-11-14-16-17-18-19-21-30-38-52-43-47(55-44(4)50)40-49(37-39-53-41-45-31-26-22-27-32-45)36-29-23-28-35-48(51)54-42-46(33-24-13-10-7-3)34-25-20-15-12-9-6-2/h22,26-27,31-32,46-47H,5-21,23-25,28-30,33-43H2,1-4H3. The molecule has 0 radical (unpaired) electrons. The van der Waals surface area contributed by atoms with E-state index in [9.17, 15) is 9.59 Å². The lowest BCUT2D eigenvalue weighted by Crippen LogP contribution is -2.40. The molecule has 0 aliphatic rings. The number of rotatable bonds is 41. The van der Waals surface area contributed by atoms with Crippen LogP contribution in [0.3, 0.4) is 0 Å². The van der Waals surface area contributed by atoms with Crippen LogP contribution in [-0.4, -0.2) is 69.0 Å². The zero-order chi connectivity index (χ0) is 39.9. The van der Waals surface area contributed by atoms with Crippen LogP contribution in [0, 0.1) is 5.92 Å². The Morgan fingerprint density at radius 2 is 1.13 bits per heavy atom. The molecule has 1 rings (SSSR count). The molecule has 0 aliphatic heterocycles. The lowest BCUT2D eigenvalue weighted by Gasteiger charge is -2.27. The van der Waals surface area contributed by atoms with Crippen molar-refractivity contribution in [3.05, 3.63) is 35.9 Å². The first-order valence-corrected chi connectivity index (χ1v) is 23.2. The van der Waals surface area contributed by atoms with Gasteiger partial charge in [0.05, 0.1) is 26.4 Å². The first kappa shape index (κ1) is 51.1. The number of ether oxygens (including phenoxy) is 4. The highest BCUT2D eigenvalue weighted by molar-refractivity contribution is 5.69. The van der Waals surface area contributed by atoms with E-state index in [0.717, 1.165) is 44.3 Å². The lowest BCUT2D eigenvalue weighted by molar-refractivity contribution is -0.150. The van der Waals surface area contributed by atoms with Crippen LogP contribution in [0.25, 0.3) is 0 Å². The third-order valence-corrected chi connectivity index (χ3v) is 10.7. The maximum Gasteiger partial charge on any atom is 0.305 e. The number of benzene rings is 1. The van der Waals surface area contributed by atoms with Gasteiger partial charge in [0.15, 0.2) is 0 Å². The molecule has 0 spiro atoms. The van der Waals surface area contributed by atoms with Crippen LogP contribution < -0.4 is 0 Å². The molecule has 7 nitrogen and oxygen atoms in total. The molecule has 55 heavy (non-hydrogen) atoms. The minimum Gasteiger partial charge on any atom is -0.465 e. The topological polar surface area (TPSA) is 74.3 Å². The van der Waals surface area contributed by atoms with Gasteiger partial charge in [0.25, 0.3) is 0 Å². The second-order valence-corrected chi connectivity index (χ2v) is 16.1. The molecule has 0 amide bonds. The highest BCUT2D eigenvalue weighted by atomic mass is 16.6. The monoisotopic (exact) mass is 774 g/mol. The molecule has 0 aliphatic carbocycles. The zero-order valence-corrected chi connectivity index (χ0v) is 36.5. The van der Waals surface area contributed by atoms with E-state index in [-0.39, 0.29) is 18.0 Å². The second kappa shape index (κ2) is 38.9. The average molecular weight is 774 g/mol. The summed E-state index contributed by atoms with van der Waals surface area (Å²) >= 11 is 0. The van der Waals surface area contributed by atoms with Crippen molar-refractivity contribution in [1.82, 2.24) is 4.90 Å². The van der Waals surface area contributed by atoms with E-state index < -0.39 is 0 Å². The van der Waals surface area contributed by atoms with Gasteiger partial charge in [-0.15, -0.1) is 0 Å². The number of carbonyl (C=O) groups excluding carboxylic acids is 2.